The summed E-state index contributed by atoms with van der Waals surface area (Å²) in [7, 11) is 0.117. The van der Waals surface area contributed by atoms with E-state index in [2.05, 4.69) is 66.9 Å². The summed E-state index contributed by atoms with van der Waals surface area (Å²) in [5, 5.41) is 18.7. The Kier molecular flexibility index (Phi) is 30.7. The van der Waals surface area contributed by atoms with Crippen molar-refractivity contribution >= 4 is 13.9 Å². The fraction of sp³-hybridized carbons (Fsp3) is 0.706. The van der Waals surface area contributed by atoms with Gasteiger partial charge in [0.05, 0.1) is 24.8 Å². The first kappa shape index (κ1) is 31.1. The third kappa shape index (κ3) is 35.5. The van der Waals surface area contributed by atoms with Crippen molar-refractivity contribution in [3.05, 3.63) is 24.8 Å². The number of nitrogens with zero attached hydrogens (tertiary/aromatic N) is 4. The van der Waals surface area contributed by atoms with Gasteiger partial charge in [-0.2, -0.15) is 30.8 Å². The van der Waals surface area contributed by atoms with E-state index in [1.165, 1.54) is 32.8 Å². The van der Waals surface area contributed by atoms with Crippen LogP contribution in [0.3, 0.4) is 0 Å². The molecule has 2 N–H and O–H groups in total. The largest absolute Gasteiger partial charge is 0.789 e. The molecule has 2 aromatic rings. The molecule has 1 unspecified atom stereocenters. The van der Waals surface area contributed by atoms with E-state index in [9.17, 15) is 4.89 Å². The molecule has 0 aromatic carbocycles. The normalized spacial score (nSPS) is 11.0. The number of methoxy groups -OCH3 is 1. The SMILES string of the molecule is C=P([O-])(OC)OCC.CCCC.CCCCOC.c1cn[nH]n1.c1cn[nH]n1. The Bertz CT molecular complexity index is 419. The van der Waals surface area contributed by atoms with E-state index >= 15 is 0 Å². The molecule has 0 bridgehead atoms. The maximum absolute atomic E-state index is 10.6. The Morgan fingerprint density at radius 1 is 0.857 bits per heavy atom. The highest BCUT2D eigenvalue weighted by Gasteiger charge is 1.91. The molecule has 0 aliphatic carbocycles. The molecular weight excluding hydrogens is 383 g/mol. The number of aromatic nitrogens is 6. The van der Waals surface area contributed by atoms with Crippen molar-refractivity contribution in [1.82, 2.24) is 30.8 Å². The summed E-state index contributed by atoms with van der Waals surface area (Å²) in [5.41, 5.74) is 0. The molecule has 10 nitrogen and oxygen atoms in total. The molecule has 2 rings (SSSR count). The third-order valence-electron chi connectivity index (χ3n) is 2.47. The molecular formula is C17H38N6O4P-. The Labute approximate surface area is 169 Å². The second-order valence-corrected chi connectivity index (χ2v) is 6.72. The molecule has 166 valence electrons. The van der Waals surface area contributed by atoms with Gasteiger partial charge in [0.25, 0.3) is 0 Å². The molecule has 2 heterocycles. The zero-order valence-electron chi connectivity index (χ0n) is 18.1. The lowest BCUT2D eigenvalue weighted by molar-refractivity contribution is -0.205. The lowest BCUT2D eigenvalue weighted by atomic mass is 10.4. The molecule has 28 heavy (non-hydrogen) atoms. The van der Waals surface area contributed by atoms with Gasteiger partial charge in [0.2, 0.25) is 0 Å². The van der Waals surface area contributed by atoms with Crippen molar-refractivity contribution in [2.24, 2.45) is 0 Å². The molecule has 1 atom stereocenters. The topological polar surface area (TPSA) is 134 Å². The quantitative estimate of drug-likeness (QED) is 0.514. The summed E-state index contributed by atoms with van der Waals surface area (Å²) in [6.45, 7) is 9.53. The van der Waals surface area contributed by atoms with Gasteiger partial charge >= 0.3 is 0 Å². The van der Waals surface area contributed by atoms with Gasteiger partial charge in [0.15, 0.2) is 0 Å². The van der Waals surface area contributed by atoms with Crippen molar-refractivity contribution in [3.63, 3.8) is 0 Å². The summed E-state index contributed by atoms with van der Waals surface area (Å²) in [5.74, 6) is 0. The standard InChI is InChI=1S/C5H12O.C4H10O3P.C4H10.2C2H3N3/c1-3-4-5-6-2;1-4-7-8(3,5)6-2;1-3-4-2;2*1-2-4-5-3-1/h3-5H2,1-2H3;3-4H2,1-2H3;3-4H2,1-2H3;2*1-2H,(H,3,4,5)/q;-1;;;. The van der Waals surface area contributed by atoms with Crippen LogP contribution < -0.4 is 4.89 Å². The predicted molar refractivity (Wildman–Crippen MR) is 113 cm³/mol. The zero-order valence-corrected chi connectivity index (χ0v) is 19.0. The average Bonchev–Trinajstić information content (AvgIpc) is 3.45. The smallest absolute Gasteiger partial charge is 0.0690 e. The van der Waals surface area contributed by atoms with Crippen molar-refractivity contribution < 1.29 is 18.7 Å². The molecule has 0 aliphatic rings. The van der Waals surface area contributed by atoms with Crippen LogP contribution in [-0.2, 0) is 13.8 Å². The van der Waals surface area contributed by atoms with Gasteiger partial charge in [-0.05, 0) is 13.3 Å². The molecule has 2 aromatic heterocycles. The van der Waals surface area contributed by atoms with Crippen molar-refractivity contribution in [3.8, 4) is 0 Å². The molecule has 0 aliphatic heterocycles. The molecule has 0 radical (unpaired) electrons. The minimum Gasteiger partial charge on any atom is -0.789 e. The molecule has 0 spiro atoms. The number of hydrogen-bond acceptors (Lipinski definition) is 8. The maximum Gasteiger partial charge on any atom is 0.0690 e. The molecule has 11 heteroatoms. The summed E-state index contributed by atoms with van der Waals surface area (Å²) in [4.78, 5) is 10.6. The number of unbranched alkanes of at least 4 members (excludes halogenated alkanes) is 2. The highest BCUT2D eigenvalue weighted by Crippen LogP contribution is 2.35. The monoisotopic (exact) mass is 421 g/mol. The highest BCUT2D eigenvalue weighted by atomic mass is 31.2. The van der Waals surface area contributed by atoms with Crippen LogP contribution in [0.5, 0.6) is 0 Å². The maximum atomic E-state index is 10.6. The molecule has 0 saturated heterocycles. The third-order valence-corrected chi connectivity index (χ3v) is 3.68. The molecule has 0 saturated carbocycles. The van der Waals surface area contributed by atoms with Crippen LogP contribution in [0.4, 0.5) is 0 Å². The first-order valence-corrected chi connectivity index (χ1v) is 10.9. The summed E-state index contributed by atoms with van der Waals surface area (Å²) < 4.78 is 13.8. The number of aromatic amines is 2. The van der Waals surface area contributed by atoms with E-state index in [0.717, 1.165) is 6.61 Å². The Morgan fingerprint density at radius 2 is 1.29 bits per heavy atom. The highest BCUT2D eigenvalue weighted by molar-refractivity contribution is 7.57. The van der Waals surface area contributed by atoms with Gasteiger partial charge in [-0.3, -0.25) is 0 Å². The second kappa shape index (κ2) is 27.6. The van der Waals surface area contributed by atoms with E-state index in [0.29, 0.717) is 6.61 Å². The van der Waals surface area contributed by atoms with E-state index in [1.54, 1.807) is 38.8 Å². The van der Waals surface area contributed by atoms with Crippen LogP contribution in [0, 0.1) is 0 Å². The van der Waals surface area contributed by atoms with Gasteiger partial charge in [-0.25, -0.2) is 0 Å². The molecule has 0 fully saturated rings. The molecule has 0 amide bonds. The fourth-order valence-corrected chi connectivity index (χ4v) is 1.37. The van der Waals surface area contributed by atoms with Crippen molar-refractivity contribution in [1.29, 1.82) is 0 Å². The van der Waals surface area contributed by atoms with Crippen LogP contribution in [0.25, 0.3) is 0 Å². The van der Waals surface area contributed by atoms with Gasteiger partial charge in [0.1, 0.15) is 0 Å². The van der Waals surface area contributed by atoms with Crippen LogP contribution in [-0.4, -0.2) is 64.6 Å². The van der Waals surface area contributed by atoms with E-state index in [-0.39, 0.29) is 0 Å². The lowest BCUT2D eigenvalue weighted by Crippen LogP contribution is -2.05. The van der Waals surface area contributed by atoms with Crippen LogP contribution >= 0.6 is 7.57 Å². The Morgan fingerprint density at radius 3 is 1.39 bits per heavy atom. The van der Waals surface area contributed by atoms with Crippen LogP contribution in [0.2, 0.25) is 0 Å². The average molecular weight is 422 g/mol. The zero-order chi connectivity index (χ0) is 21.9. The number of H-pyrrole nitrogens is 2. The van der Waals surface area contributed by atoms with Gasteiger partial charge in [-0.15, -0.1) is 0 Å². The first-order chi connectivity index (χ1) is 13.4. The number of hydrogen-bond donors (Lipinski definition) is 2. The first-order valence-electron chi connectivity index (χ1n) is 9.18. The van der Waals surface area contributed by atoms with Crippen molar-refractivity contribution in [2.45, 2.75) is 53.4 Å². The van der Waals surface area contributed by atoms with Crippen LogP contribution in [0.1, 0.15) is 53.4 Å². The Hall–Kier alpha value is -1.58. The van der Waals surface area contributed by atoms with Crippen LogP contribution in [0.15, 0.2) is 24.8 Å². The summed E-state index contributed by atoms with van der Waals surface area (Å²) >= 11 is 0. The summed E-state index contributed by atoms with van der Waals surface area (Å²) in [6.07, 6.45) is 14.6. The van der Waals surface area contributed by atoms with Crippen molar-refractivity contribution in [2.75, 3.05) is 27.4 Å². The van der Waals surface area contributed by atoms with Gasteiger partial charge in [0, 0.05) is 35.0 Å². The van der Waals surface area contributed by atoms with Gasteiger partial charge < -0.3 is 18.7 Å². The van der Waals surface area contributed by atoms with E-state index in [1.807, 2.05) is 0 Å². The van der Waals surface area contributed by atoms with Gasteiger partial charge in [-0.1, -0.05) is 46.3 Å². The second-order valence-electron chi connectivity index (χ2n) is 4.87. The minimum absolute atomic E-state index is 0.370. The van der Waals surface area contributed by atoms with E-state index < -0.39 is 7.57 Å². The number of ether oxygens (including phenoxy) is 1. The van der Waals surface area contributed by atoms with E-state index in [4.69, 9.17) is 4.74 Å². The predicted octanol–water partition coefficient (Wildman–Crippen LogP) is 3.07. The summed E-state index contributed by atoms with van der Waals surface area (Å²) in [6, 6.07) is 0. The fourth-order valence-electron chi connectivity index (χ4n) is 0.871. The number of rotatable bonds is 7. The number of nitrogens with one attached hydrogen (secondary N) is 2. The minimum atomic E-state index is -2.92. The lowest BCUT2D eigenvalue weighted by Gasteiger charge is -2.26. The Balaban J connectivity index is -0.000000284.